The second-order valence-corrected chi connectivity index (χ2v) is 15.0. The Morgan fingerprint density at radius 2 is 1.50 bits per heavy atom. The van der Waals surface area contributed by atoms with Gasteiger partial charge in [0.25, 0.3) is 0 Å². The van der Waals surface area contributed by atoms with Crippen molar-refractivity contribution >= 4 is 74.2 Å². The van der Waals surface area contributed by atoms with Crippen LogP contribution in [-0.4, -0.2) is 88.0 Å². The number of fused-ring (bicyclic) bond motifs is 6. The highest BCUT2D eigenvalue weighted by Gasteiger charge is 2.54. The summed E-state index contributed by atoms with van der Waals surface area (Å²) >= 11 is 6.37. The van der Waals surface area contributed by atoms with Crippen LogP contribution in [-0.2, 0) is 42.0 Å². The molecule has 1 fully saturated rings. The van der Waals surface area contributed by atoms with E-state index in [-0.39, 0.29) is 16.7 Å². The number of ketones is 2. The molecule has 2 aliphatic heterocycles. The van der Waals surface area contributed by atoms with Crippen LogP contribution in [0.2, 0.25) is 5.02 Å². The molecule has 25 heteroatoms. The van der Waals surface area contributed by atoms with E-state index in [4.69, 9.17) is 16.4 Å². The molecule has 3 aromatic heterocycles. The van der Waals surface area contributed by atoms with Gasteiger partial charge in [-0.05, 0) is 79.1 Å². The molecule has 6 bridgehead atoms. The Hall–Kier alpha value is -5.75. The third kappa shape index (κ3) is 13.7. The molecular weight excluding hydrogens is 867 g/mol. The lowest BCUT2D eigenvalue weighted by atomic mass is 9.94. The molecule has 0 atom stereocenters. The van der Waals surface area contributed by atoms with Gasteiger partial charge < -0.3 is 16.0 Å². The summed E-state index contributed by atoms with van der Waals surface area (Å²) in [5, 5.41) is 9.91. The molecule has 2 aliphatic rings. The number of aldehydes is 1. The van der Waals surface area contributed by atoms with Gasteiger partial charge in [-0.15, -0.1) is 0 Å². The highest BCUT2D eigenvalue weighted by Crippen LogP contribution is 2.31. The lowest BCUT2D eigenvalue weighted by Crippen LogP contribution is -2.39. The molecule has 0 spiro atoms. The number of piperidine rings is 1. The van der Waals surface area contributed by atoms with Crippen LogP contribution in [0.3, 0.4) is 0 Å². The number of halogens is 10. The molecule has 6 rings (SSSR count). The van der Waals surface area contributed by atoms with Crippen LogP contribution in [0.1, 0.15) is 30.4 Å². The number of pyridine rings is 2. The Morgan fingerprint density at radius 1 is 0.850 bits per heavy atom. The van der Waals surface area contributed by atoms with Crippen molar-refractivity contribution < 1.29 is 67.1 Å². The number of hydrogen-bond donors (Lipinski definition) is 3. The van der Waals surface area contributed by atoms with Gasteiger partial charge in [0.1, 0.15) is 9.92 Å². The molecule has 0 aliphatic carbocycles. The van der Waals surface area contributed by atoms with Gasteiger partial charge in [0.2, 0.25) is 28.2 Å². The standard InChI is InChI=1S/C29H29ClN8O3S.C4F6O2.C2HF3O/c30-25-18-33-29-35-23-12-20(15-32-16-23)3-4-21-14-22(34-28(25)37-29)5-6-26(21)36-27(39)13-19-7-10-38(11-8-19)42(40,41)24-2-1-9-31-17-24;5-3(6,7)1(11)2(12)4(8,9)10;3-2(4,5)1-6/h1-2,5-6,9,12,14-19H,3-4,7-8,10-11,13H2,(H,36,39)(H2,33,34,35,37);;1H. The Balaban J connectivity index is 0.000000370. The molecule has 0 radical (unpaired) electrons. The third-order valence-corrected chi connectivity index (χ3v) is 10.5. The van der Waals surface area contributed by atoms with Crippen molar-refractivity contribution in [3.05, 3.63) is 83.5 Å². The maximum atomic E-state index is 13.2. The summed E-state index contributed by atoms with van der Waals surface area (Å²) < 4.78 is 126. The number of carbonyl (C=O) groups excluding carboxylic acids is 4. The van der Waals surface area contributed by atoms with Gasteiger partial charge in [0, 0.05) is 49.5 Å². The van der Waals surface area contributed by atoms with Crippen LogP contribution in [0.5, 0.6) is 0 Å². The number of nitrogens with one attached hydrogen (secondary N) is 3. The van der Waals surface area contributed by atoms with Crippen LogP contribution >= 0.6 is 11.6 Å². The Bertz CT molecular complexity index is 2270. The van der Waals surface area contributed by atoms with Gasteiger partial charge in [-0.3, -0.25) is 29.1 Å². The smallest absolute Gasteiger partial charge is 0.339 e. The molecule has 1 amide bonds. The van der Waals surface area contributed by atoms with E-state index >= 15 is 0 Å². The predicted molar refractivity (Wildman–Crippen MR) is 195 cm³/mol. The summed E-state index contributed by atoms with van der Waals surface area (Å²) in [5.74, 6) is -5.97. The number of benzene rings is 1. The largest absolute Gasteiger partial charge is 0.458 e. The van der Waals surface area contributed by atoms with E-state index in [0.29, 0.717) is 62.0 Å². The second kappa shape index (κ2) is 19.5. The fourth-order valence-corrected chi connectivity index (χ4v) is 7.05. The first-order valence-electron chi connectivity index (χ1n) is 17.1. The SMILES string of the molecule is O=C(C(=O)C(F)(F)F)C(F)(F)F.O=C(CC1CCN(S(=O)(=O)c2cccnc2)CC1)Nc1ccc2cc1CCc1cncc(c1)Nc1ncc(Cl)c(n1)N2.O=CC(F)(F)F. The second-order valence-electron chi connectivity index (χ2n) is 12.7. The zero-order valence-corrected chi connectivity index (χ0v) is 31.9. The quantitative estimate of drug-likeness (QED) is 0.103. The summed E-state index contributed by atoms with van der Waals surface area (Å²) in [6.45, 7) is 0.742. The molecule has 1 aromatic carbocycles. The number of rotatable bonds is 6. The maximum Gasteiger partial charge on any atom is 0.458 e. The molecule has 1 saturated heterocycles. The summed E-state index contributed by atoms with van der Waals surface area (Å²) in [7, 11) is -3.59. The van der Waals surface area contributed by atoms with Crippen LogP contribution in [0.15, 0.2) is 72.3 Å². The lowest BCUT2D eigenvalue weighted by Gasteiger charge is -2.30. The zero-order chi connectivity index (χ0) is 44.5. The number of aromatic nitrogens is 4. The van der Waals surface area contributed by atoms with Crippen molar-refractivity contribution in [1.82, 2.24) is 24.2 Å². The van der Waals surface area contributed by atoms with Crippen molar-refractivity contribution in [3.63, 3.8) is 0 Å². The van der Waals surface area contributed by atoms with Gasteiger partial charge in [-0.2, -0.15) is 48.8 Å². The van der Waals surface area contributed by atoms with E-state index in [1.54, 1.807) is 24.5 Å². The number of carbonyl (C=O) groups is 4. The summed E-state index contributed by atoms with van der Waals surface area (Å²) in [6.07, 6.45) is -6.36. The fourth-order valence-electron chi connectivity index (χ4n) is 5.48. The Labute approximate surface area is 339 Å². The van der Waals surface area contributed by atoms with E-state index < -0.39 is 46.4 Å². The number of amides is 1. The van der Waals surface area contributed by atoms with Crippen LogP contribution < -0.4 is 16.0 Å². The molecule has 14 nitrogen and oxygen atoms in total. The topological polar surface area (TPSA) is 193 Å². The van der Waals surface area contributed by atoms with Crippen molar-refractivity contribution in [2.45, 2.75) is 55.5 Å². The van der Waals surface area contributed by atoms with Crippen LogP contribution in [0, 0.1) is 5.92 Å². The average molecular weight is 897 g/mol. The highest BCUT2D eigenvalue weighted by molar-refractivity contribution is 7.89. The molecule has 0 saturated carbocycles. The summed E-state index contributed by atoms with van der Waals surface area (Å²) in [5.41, 5.74) is 4.25. The average Bonchev–Trinajstić information content (AvgIpc) is 3.19. The van der Waals surface area contributed by atoms with Crippen molar-refractivity contribution in [1.29, 1.82) is 0 Å². The van der Waals surface area contributed by atoms with Crippen molar-refractivity contribution in [2.75, 3.05) is 29.0 Å². The molecule has 4 aromatic rings. The predicted octanol–water partition coefficient (Wildman–Crippen LogP) is 6.93. The van der Waals surface area contributed by atoms with Gasteiger partial charge in [0.05, 0.1) is 18.1 Å². The summed E-state index contributed by atoms with van der Waals surface area (Å²) in [4.78, 5) is 58.3. The van der Waals surface area contributed by atoms with Crippen LogP contribution in [0.25, 0.3) is 0 Å². The molecule has 0 unspecified atom stereocenters. The molecule has 3 N–H and O–H groups in total. The number of sulfonamides is 1. The van der Waals surface area contributed by atoms with E-state index in [1.165, 1.54) is 16.7 Å². The van der Waals surface area contributed by atoms with Gasteiger partial charge in [-0.25, -0.2) is 13.4 Å². The van der Waals surface area contributed by atoms with E-state index in [0.717, 1.165) is 28.2 Å². The van der Waals surface area contributed by atoms with Crippen LogP contribution in [0.4, 0.5) is 68.3 Å². The van der Waals surface area contributed by atoms with Crippen molar-refractivity contribution in [2.24, 2.45) is 5.92 Å². The first-order chi connectivity index (χ1) is 28.0. The minimum atomic E-state index is -5.77. The number of aryl methyl sites for hydroxylation is 2. The Kier molecular flexibility index (Phi) is 15.3. The maximum absolute atomic E-state index is 13.2. The molecular formula is C35H30ClF9N8O6S. The van der Waals surface area contributed by atoms with Gasteiger partial charge in [0.15, 0.2) is 5.82 Å². The Morgan fingerprint density at radius 3 is 2.08 bits per heavy atom. The molecule has 60 heavy (non-hydrogen) atoms. The van der Waals surface area contributed by atoms with Gasteiger partial charge >= 0.3 is 30.1 Å². The van der Waals surface area contributed by atoms with E-state index in [2.05, 4.69) is 35.9 Å². The zero-order valence-electron chi connectivity index (χ0n) is 30.3. The third-order valence-electron chi connectivity index (χ3n) is 8.29. The lowest BCUT2D eigenvalue weighted by molar-refractivity contribution is -0.193. The number of Topliss-reactive ketones (excluding diaryl/α,β-unsaturated/α-hetero) is 2. The highest BCUT2D eigenvalue weighted by atomic mass is 35.5. The number of anilines is 5. The minimum absolute atomic E-state index is 0.0896. The first-order valence-corrected chi connectivity index (χ1v) is 18.9. The van der Waals surface area contributed by atoms with Crippen molar-refractivity contribution in [3.8, 4) is 0 Å². The van der Waals surface area contributed by atoms with Gasteiger partial charge in [-0.1, -0.05) is 11.6 Å². The minimum Gasteiger partial charge on any atom is -0.339 e. The number of alkyl halides is 9. The van der Waals surface area contributed by atoms with E-state index in [9.17, 15) is 62.3 Å². The number of hydrogen-bond acceptors (Lipinski definition) is 12. The summed E-state index contributed by atoms with van der Waals surface area (Å²) in [6, 6.07) is 10.9. The van der Waals surface area contributed by atoms with E-state index in [1.807, 2.05) is 30.5 Å². The monoisotopic (exact) mass is 896 g/mol. The first kappa shape index (κ1) is 46.9. The number of nitrogens with zero attached hydrogens (tertiary/aromatic N) is 5. The normalized spacial score (nSPS) is 14.7. The fraction of sp³-hybridized carbons (Fsp3) is 0.314. The molecule has 5 heterocycles. The molecule has 322 valence electrons.